The first-order chi connectivity index (χ1) is 7.93. The lowest BCUT2D eigenvalue weighted by atomic mass is 9.98. The number of benzene rings is 1. The summed E-state index contributed by atoms with van der Waals surface area (Å²) in [6.07, 6.45) is 0.972. The van der Waals surface area contributed by atoms with Gasteiger partial charge in [0.1, 0.15) is 6.04 Å². The van der Waals surface area contributed by atoms with Gasteiger partial charge in [0.25, 0.3) is 0 Å². The minimum Gasteiger partial charge on any atom is -0.324 e. The van der Waals surface area contributed by atoms with Gasteiger partial charge in [0.15, 0.2) is 0 Å². The third-order valence-electron chi connectivity index (χ3n) is 3.26. The lowest BCUT2D eigenvalue weighted by molar-refractivity contribution is -0.118. The average molecular weight is 297 g/mol. The second-order valence-electron chi connectivity index (χ2n) is 5.04. The largest absolute Gasteiger partial charge is 0.324 e. The zero-order valence-corrected chi connectivity index (χ0v) is 11.9. The van der Waals surface area contributed by atoms with E-state index in [2.05, 4.69) is 47.3 Å². The molecule has 0 saturated carbocycles. The van der Waals surface area contributed by atoms with Gasteiger partial charge in [-0.1, -0.05) is 22.9 Å². The number of fused-ring (bicyclic) bond motifs is 1. The highest BCUT2D eigenvalue weighted by Crippen LogP contribution is 2.34. The standard InChI is InChI=1S/C13H17BrN2O/c1-4-13(2,3)16-11-9-7-8(14)5-6-10(9)15-12(11)17/h5-7,11,16H,4H2,1-3H3,(H,15,17). The van der Waals surface area contributed by atoms with Gasteiger partial charge in [-0.25, -0.2) is 0 Å². The van der Waals surface area contributed by atoms with E-state index in [1.807, 2.05) is 18.2 Å². The molecule has 0 aliphatic carbocycles. The molecule has 1 heterocycles. The maximum atomic E-state index is 11.9. The van der Waals surface area contributed by atoms with Gasteiger partial charge in [-0.15, -0.1) is 0 Å². The molecule has 92 valence electrons. The van der Waals surface area contributed by atoms with E-state index in [0.717, 1.165) is 22.1 Å². The summed E-state index contributed by atoms with van der Waals surface area (Å²) in [5.74, 6) is 0.0274. The van der Waals surface area contributed by atoms with Crippen molar-refractivity contribution in [2.24, 2.45) is 0 Å². The van der Waals surface area contributed by atoms with Crippen molar-refractivity contribution in [3.05, 3.63) is 28.2 Å². The third kappa shape index (κ3) is 2.53. The monoisotopic (exact) mass is 296 g/mol. The average Bonchev–Trinajstić information content (AvgIpc) is 2.56. The number of anilines is 1. The molecular weight excluding hydrogens is 280 g/mol. The number of amides is 1. The van der Waals surface area contributed by atoms with Crippen LogP contribution in [0.15, 0.2) is 22.7 Å². The maximum Gasteiger partial charge on any atom is 0.246 e. The Bertz CT molecular complexity index is 457. The molecule has 1 aromatic rings. The van der Waals surface area contributed by atoms with Crippen LogP contribution in [0, 0.1) is 0 Å². The molecule has 0 saturated heterocycles. The zero-order valence-electron chi connectivity index (χ0n) is 10.3. The molecule has 1 aliphatic heterocycles. The van der Waals surface area contributed by atoms with Crippen molar-refractivity contribution in [3.63, 3.8) is 0 Å². The summed E-state index contributed by atoms with van der Waals surface area (Å²) in [7, 11) is 0. The van der Waals surface area contributed by atoms with Crippen LogP contribution < -0.4 is 10.6 Å². The van der Waals surface area contributed by atoms with Crippen molar-refractivity contribution in [2.75, 3.05) is 5.32 Å². The van der Waals surface area contributed by atoms with Gasteiger partial charge in [-0.05, 0) is 38.5 Å². The molecule has 0 aromatic heterocycles. The van der Waals surface area contributed by atoms with Crippen LogP contribution in [0.1, 0.15) is 38.8 Å². The van der Waals surface area contributed by atoms with E-state index >= 15 is 0 Å². The Kier molecular flexibility index (Phi) is 3.27. The van der Waals surface area contributed by atoms with Gasteiger partial charge in [-0.3, -0.25) is 10.1 Å². The molecule has 0 bridgehead atoms. The quantitative estimate of drug-likeness (QED) is 0.899. The molecule has 2 N–H and O–H groups in total. The van der Waals surface area contributed by atoms with Gasteiger partial charge < -0.3 is 5.32 Å². The second kappa shape index (κ2) is 4.42. The molecule has 1 aromatic carbocycles. The molecule has 1 atom stereocenters. The number of nitrogens with one attached hydrogen (secondary N) is 2. The molecule has 1 unspecified atom stereocenters. The Morgan fingerprint density at radius 3 is 2.82 bits per heavy atom. The Balaban J connectivity index is 2.31. The second-order valence-corrected chi connectivity index (χ2v) is 5.95. The Hall–Kier alpha value is -0.870. The number of hydrogen-bond acceptors (Lipinski definition) is 2. The van der Waals surface area contributed by atoms with Gasteiger partial charge >= 0.3 is 0 Å². The minimum atomic E-state index is -0.252. The van der Waals surface area contributed by atoms with Crippen LogP contribution in [0.3, 0.4) is 0 Å². The summed E-state index contributed by atoms with van der Waals surface area (Å²) in [6, 6.07) is 5.61. The lowest BCUT2D eigenvalue weighted by Crippen LogP contribution is -2.43. The summed E-state index contributed by atoms with van der Waals surface area (Å²) in [6.45, 7) is 6.33. The molecule has 0 fully saturated rings. The summed E-state index contributed by atoms with van der Waals surface area (Å²) in [5.41, 5.74) is 1.87. The predicted octanol–water partition coefficient (Wildman–Crippen LogP) is 3.22. The number of rotatable bonds is 3. The fourth-order valence-corrected chi connectivity index (χ4v) is 2.25. The number of hydrogen-bond donors (Lipinski definition) is 2. The van der Waals surface area contributed by atoms with Gasteiger partial charge in [0, 0.05) is 21.3 Å². The highest BCUT2D eigenvalue weighted by Gasteiger charge is 2.33. The maximum absolute atomic E-state index is 11.9. The van der Waals surface area contributed by atoms with E-state index in [9.17, 15) is 4.79 Å². The van der Waals surface area contributed by atoms with E-state index < -0.39 is 0 Å². The van der Waals surface area contributed by atoms with Gasteiger partial charge in [0.2, 0.25) is 5.91 Å². The SMILES string of the molecule is CCC(C)(C)NC1C(=O)Nc2ccc(Br)cc21. The van der Waals surface area contributed by atoms with E-state index in [0.29, 0.717) is 0 Å². The van der Waals surface area contributed by atoms with Crippen LogP contribution in [0.2, 0.25) is 0 Å². The first-order valence-corrected chi connectivity index (χ1v) is 6.60. The van der Waals surface area contributed by atoms with E-state index in [1.54, 1.807) is 0 Å². The number of halogens is 1. The fourth-order valence-electron chi connectivity index (χ4n) is 1.87. The molecule has 1 amide bonds. The predicted molar refractivity (Wildman–Crippen MR) is 73.0 cm³/mol. The van der Waals surface area contributed by atoms with Crippen molar-refractivity contribution >= 4 is 27.5 Å². The highest BCUT2D eigenvalue weighted by atomic mass is 79.9. The van der Waals surface area contributed by atoms with Crippen LogP contribution in [-0.2, 0) is 4.79 Å². The summed E-state index contributed by atoms with van der Waals surface area (Å²) >= 11 is 3.44. The Morgan fingerprint density at radius 1 is 1.47 bits per heavy atom. The van der Waals surface area contributed by atoms with Crippen LogP contribution >= 0.6 is 15.9 Å². The smallest absolute Gasteiger partial charge is 0.246 e. The van der Waals surface area contributed by atoms with Crippen LogP contribution in [0.5, 0.6) is 0 Å². The molecule has 0 radical (unpaired) electrons. The molecular formula is C13H17BrN2O. The number of carbonyl (C=O) groups excluding carboxylic acids is 1. The topological polar surface area (TPSA) is 41.1 Å². The van der Waals surface area contributed by atoms with Crippen molar-refractivity contribution in [1.82, 2.24) is 5.32 Å². The summed E-state index contributed by atoms with van der Waals surface area (Å²) in [5, 5.41) is 6.30. The van der Waals surface area contributed by atoms with Crippen molar-refractivity contribution in [3.8, 4) is 0 Å². The summed E-state index contributed by atoms with van der Waals surface area (Å²) < 4.78 is 0.994. The molecule has 0 spiro atoms. The third-order valence-corrected chi connectivity index (χ3v) is 3.76. The van der Waals surface area contributed by atoms with E-state index in [1.165, 1.54) is 0 Å². The van der Waals surface area contributed by atoms with Crippen LogP contribution in [0.4, 0.5) is 5.69 Å². The highest BCUT2D eigenvalue weighted by molar-refractivity contribution is 9.10. The molecule has 17 heavy (non-hydrogen) atoms. The molecule has 4 heteroatoms. The minimum absolute atomic E-state index is 0.0274. The van der Waals surface area contributed by atoms with Crippen molar-refractivity contribution in [2.45, 2.75) is 38.8 Å². The van der Waals surface area contributed by atoms with Gasteiger partial charge in [-0.2, -0.15) is 0 Å². The zero-order chi connectivity index (χ0) is 12.6. The number of carbonyl (C=O) groups is 1. The molecule has 3 nitrogen and oxygen atoms in total. The lowest BCUT2D eigenvalue weighted by Gasteiger charge is -2.28. The molecule has 2 rings (SSSR count). The first kappa shape index (κ1) is 12.6. The van der Waals surface area contributed by atoms with Gasteiger partial charge in [0.05, 0.1) is 0 Å². The molecule has 1 aliphatic rings. The first-order valence-electron chi connectivity index (χ1n) is 5.81. The van der Waals surface area contributed by atoms with Crippen LogP contribution in [0.25, 0.3) is 0 Å². The normalized spacial score (nSPS) is 19.1. The van der Waals surface area contributed by atoms with E-state index in [4.69, 9.17) is 0 Å². The Morgan fingerprint density at radius 2 is 2.18 bits per heavy atom. The summed E-state index contributed by atoms with van der Waals surface area (Å²) in [4.78, 5) is 11.9. The van der Waals surface area contributed by atoms with Crippen molar-refractivity contribution < 1.29 is 4.79 Å². The van der Waals surface area contributed by atoms with E-state index in [-0.39, 0.29) is 17.5 Å². The Labute approximate surface area is 110 Å². The fraction of sp³-hybridized carbons (Fsp3) is 0.462. The van der Waals surface area contributed by atoms with Crippen LogP contribution in [-0.4, -0.2) is 11.4 Å². The van der Waals surface area contributed by atoms with Crippen molar-refractivity contribution in [1.29, 1.82) is 0 Å².